The highest BCUT2D eigenvalue weighted by atomic mass is 16.6. The number of nitrogens with zero attached hydrogens (tertiary/aromatic N) is 3. The number of aryl methyl sites for hydroxylation is 1. The van der Waals surface area contributed by atoms with Crippen molar-refractivity contribution < 1.29 is 28.9 Å². The zero-order valence-electron chi connectivity index (χ0n) is 20.2. The maximum Gasteiger partial charge on any atom is 0.295 e. The normalized spacial score (nSPS) is 18.2. The fourth-order valence-electron chi connectivity index (χ4n) is 4.55. The van der Waals surface area contributed by atoms with Crippen LogP contribution in [0.3, 0.4) is 0 Å². The van der Waals surface area contributed by atoms with Gasteiger partial charge in [-0.25, -0.2) is 4.98 Å². The third-order valence-corrected chi connectivity index (χ3v) is 6.29. The van der Waals surface area contributed by atoms with Gasteiger partial charge in [-0.15, -0.1) is 0 Å². The number of aliphatic hydroxyl groups is 1. The zero-order valence-corrected chi connectivity index (χ0v) is 20.2. The first-order chi connectivity index (χ1) is 18.1. The maximum absolute atomic E-state index is 13.3. The Kier molecular flexibility index (Phi) is 6.93. The zero-order chi connectivity index (χ0) is 25.8. The molecule has 0 saturated carbocycles. The number of carbonyl (C=O) groups is 2. The summed E-state index contributed by atoms with van der Waals surface area (Å²) in [7, 11) is 0. The molecule has 1 N–H and O–H groups in total. The Labute approximate surface area is 214 Å². The van der Waals surface area contributed by atoms with E-state index >= 15 is 0 Å². The van der Waals surface area contributed by atoms with Crippen LogP contribution >= 0.6 is 0 Å². The third kappa shape index (κ3) is 4.93. The molecule has 0 aliphatic carbocycles. The summed E-state index contributed by atoms with van der Waals surface area (Å²) in [5.74, 6) is 0.0326. The molecule has 2 aliphatic heterocycles. The summed E-state index contributed by atoms with van der Waals surface area (Å²) < 4.78 is 18.7. The predicted molar refractivity (Wildman–Crippen MR) is 135 cm³/mol. The Hall–Kier alpha value is -4.53. The van der Waals surface area contributed by atoms with Crippen molar-refractivity contribution in [1.82, 2.24) is 14.5 Å². The number of benzene rings is 2. The van der Waals surface area contributed by atoms with Crippen molar-refractivity contribution in [1.29, 1.82) is 0 Å². The van der Waals surface area contributed by atoms with Crippen LogP contribution in [0.15, 0.2) is 79.4 Å². The van der Waals surface area contributed by atoms with Crippen molar-refractivity contribution in [3.8, 4) is 17.2 Å². The van der Waals surface area contributed by atoms with Crippen molar-refractivity contribution >= 4 is 17.4 Å². The number of ketones is 1. The van der Waals surface area contributed by atoms with Crippen molar-refractivity contribution in [2.45, 2.75) is 19.0 Å². The van der Waals surface area contributed by atoms with Crippen LogP contribution in [0.25, 0.3) is 5.76 Å². The standard InChI is InChI=1S/C28H27N3O6/c1-2-14-35-21-7-4-19(5-8-21)25-24(26(32)20-6-9-22-23(17-20)37-16-15-36-22)27(33)28(34)31(25)12-3-11-30-13-10-29-18-30/h2,4-10,13,17-18,25,32H,1,3,11-12,14-16H2. The van der Waals surface area contributed by atoms with Crippen molar-refractivity contribution in [3.05, 3.63) is 90.5 Å². The number of likely N-dealkylation sites (tertiary alicyclic amines) is 1. The van der Waals surface area contributed by atoms with Gasteiger partial charge in [-0.05, 0) is 42.3 Å². The Bertz CT molecular complexity index is 1330. The summed E-state index contributed by atoms with van der Waals surface area (Å²) in [5.41, 5.74) is 1.09. The molecule has 1 amide bonds. The molecule has 1 aromatic heterocycles. The SMILES string of the molecule is C=CCOc1ccc(C2C(=C(O)c3ccc4c(c3)OCCO4)C(=O)C(=O)N2CCCn2ccnc2)cc1. The largest absolute Gasteiger partial charge is 0.507 e. The minimum absolute atomic E-state index is 0.0315. The van der Waals surface area contributed by atoms with Crippen molar-refractivity contribution in [3.63, 3.8) is 0 Å². The minimum Gasteiger partial charge on any atom is -0.507 e. The molecule has 2 aromatic carbocycles. The van der Waals surface area contributed by atoms with Gasteiger partial charge in [0.05, 0.1) is 17.9 Å². The minimum atomic E-state index is -0.760. The summed E-state index contributed by atoms with van der Waals surface area (Å²) in [4.78, 5) is 32.0. The highest BCUT2D eigenvalue weighted by Crippen LogP contribution is 2.41. The van der Waals surface area contributed by atoms with Crippen molar-refractivity contribution in [2.75, 3.05) is 26.4 Å². The van der Waals surface area contributed by atoms with E-state index in [1.807, 2.05) is 10.8 Å². The second-order valence-corrected chi connectivity index (χ2v) is 8.67. The third-order valence-electron chi connectivity index (χ3n) is 6.29. The molecule has 37 heavy (non-hydrogen) atoms. The molecule has 1 saturated heterocycles. The van der Waals surface area contributed by atoms with Gasteiger partial charge in [0.2, 0.25) is 0 Å². The molecule has 1 atom stereocenters. The average molecular weight is 502 g/mol. The van der Waals surface area contributed by atoms with Gasteiger partial charge in [0.1, 0.15) is 31.3 Å². The molecular formula is C28H27N3O6. The molecule has 3 heterocycles. The topological polar surface area (TPSA) is 103 Å². The van der Waals surface area contributed by atoms with E-state index in [-0.39, 0.29) is 11.3 Å². The number of rotatable bonds is 9. The maximum atomic E-state index is 13.3. The number of aromatic nitrogens is 2. The molecule has 0 radical (unpaired) electrons. The number of amides is 1. The fraction of sp³-hybridized carbons (Fsp3) is 0.250. The van der Waals surface area contributed by atoms with Crippen LogP contribution in [0, 0.1) is 0 Å². The van der Waals surface area contributed by atoms with Crippen LogP contribution in [0.1, 0.15) is 23.6 Å². The molecule has 0 spiro atoms. The lowest BCUT2D eigenvalue weighted by Crippen LogP contribution is -2.31. The number of hydrogen-bond acceptors (Lipinski definition) is 7. The lowest BCUT2D eigenvalue weighted by molar-refractivity contribution is -0.139. The number of carbonyl (C=O) groups excluding carboxylic acids is 2. The van der Waals surface area contributed by atoms with E-state index in [0.29, 0.717) is 67.7 Å². The fourth-order valence-corrected chi connectivity index (χ4v) is 4.55. The molecule has 190 valence electrons. The van der Waals surface area contributed by atoms with E-state index in [9.17, 15) is 14.7 Å². The molecule has 1 unspecified atom stereocenters. The van der Waals surface area contributed by atoms with Gasteiger partial charge in [-0.3, -0.25) is 9.59 Å². The van der Waals surface area contributed by atoms with E-state index in [1.54, 1.807) is 61.1 Å². The van der Waals surface area contributed by atoms with Crippen LogP contribution in [-0.2, 0) is 16.1 Å². The summed E-state index contributed by atoms with van der Waals surface area (Å²) in [6.07, 6.45) is 7.49. The average Bonchev–Trinajstić information content (AvgIpc) is 3.54. The van der Waals surface area contributed by atoms with Gasteiger partial charge in [-0.2, -0.15) is 0 Å². The molecule has 9 nitrogen and oxygen atoms in total. The van der Waals surface area contributed by atoms with E-state index in [2.05, 4.69) is 11.6 Å². The van der Waals surface area contributed by atoms with E-state index in [0.717, 1.165) is 0 Å². The van der Waals surface area contributed by atoms with Gasteiger partial charge < -0.3 is 28.8 Å². The van der Waals surface area contributed by atoms with Gasteiger partial charge >= 0.3 is 0 Å². The number of imidazole rings is 1. The first kappa shape index (κ1) is 24.2. The number of fused-ring (bicyclic) bond motifs is 1. The van der Waals surface area contributed by atoms with Crippen LogP contribution in [0.4, 0.5) is 0 Å². The molecule has 2 aliphatic rings. The van der Waals surface area contributed by atoms with E-state index in [1.165, 1.54) is 4.90 Å². The summed E-state index contributed by atoms with van der Waals surface area (Å²) in [6, 6.07) is 11.3. The number of ether oxygens (including phenoxy) is 3. The molecule has 3 aromatic rings. The summed E-state index contributed by atoms with van der Waals surface area (Å²) >= 11 is 0. The number of Topliss-reactive ketones (excluding diaryl/α,β-unsaturated/α-hetero) is 1. The lowest BCUT2D eigenvalue weighted by Gasteiger charge is -2.26. The quantitative estimate of drug-likeness (QED) is 0.206. The van der Waals surface area contributed by atoms with Crippen LogP contribution in [0.5, 0.6) is 17.2 Å². The van der Waals surface area contributed by atoms with Crippen LogP contribution < -0.4 is 14.2 Å². The number of hydrogen-bond donors (Lipinski definition) is 1. The van der Waals surface area contributed by atoms with Gasteiger partial charge in [0, 0.05) is 31.0 Å². The molecule has 0 bridgehead atoms. The van der Waals surface area contributed by atoms with Crippen molar-refractivity contribution in [2.24, 2.45) is 0 Å². The van der Waals surface area contributed by atoms with E-state index in [4.69, 9.17) is 14.2 Å². The summed E-state index contributed by atoms with van der Waals surface area (Å²) in [5, 5.41) is 11.3. The summed E-state index contributed by atoms with van der Waals surface area (Å²) in [6.45, 7) is 5.79. The van der Waals surface area contributed by atoms with Gasteiger partial charge in [-0.1, -0.05) is 24.8 Å². The molecule has 9 heteroatoms. The van der Waals surface area contributed by atoms with Gasteiger partial charge in [0.15, 0.2) is 11.5 Å². The predicted octanol–water partition coefficient (Wildman–Crippen LogP) is 3.73. The Morgan fingerprint density at radius 1 is 1.11 bits per heavy atom. The number of aliphatic hydroxyl groups excluding tert-OH is 1. The monoisotopic (exact) mass is 501 g/mol. The Balaban J connectivity index is 1.51. The second-order valence-electron chi connectivity index (χ2n) is 8.67. The Morgan fingerprint density at radius 2 is 1.89 bits per heavy atom. The first-order valence-corrected chi connectivity index (χ1v) is 12.0. The highest BCUT2D eigenvalue weighted by Gasteiger charge is 2.45. The van der Waals surface area contributed by atoms with Gasteiger partial charge in [0.25, 0.3) is 11.7 Å². The molecular weight excluding hydrogens is 474 g/mol. The molecule has 5 rings (SSSR count). The molecule has 1 fully saturated rings. The Morgan fingerprint density at radius 3 is 2.62 bits per heavy atom. The smallest absolute Gasteiger partial charge is 0.295 e. The second kappa shape index (κ2) is 10.6. The first-order valence-electron chi connectivity index (χ1n) is 12.0. The van der Waals surface area contributed by atoms with Crippen LogP contribution in [-0.4, -0.2) is 57.6 Å². The lowest BCUT2D eigenvalue weighted by atomic mass is 9.95. The van der Waals surface area contributed by atoms with Crippen LogP contribution in [0.2, 0.25) is 0 Å². The highest BCUT2D eigenvalue weighted by molar-refractivity contribution is 6.46. The van der Waals surface area contributed by atoms with E-state index < -0.39 is 17.7 Å².